The number of carbonyl (C=O) groups excluding carboxylic acids is 3. The zero-order valence-electron chi connectivity index (χ0n) is 22.6. The van der Waals surface area contributed by atoms with E-state index in [1.807, 2.05) is 50.4 Å². The summed E-state index contributed by atoms with van der Waals surface area (Å²) in [6.45, 7) is 4.14. The first-order chi connectivity index (χ1) is 18.3. The van der Waals surface area contributed by atoms with Gasteiger partial charge in [0.15, 0.2) is 0 Å². The number of amides is 2. The maximum absolute atomic E-state index is 13.3. The fourth-order valence-electron chi connectivity index (χ4n) is 3.82. The number of nitrogens with two attached hydrogens (primary N) is 1. The number of rotatable bonds is 17. The van der Waals surface area contributed by atoms with Crippen LogP contribution in [0.2, 0.25) is 0 Å². The van der Waals surface area contributed by atoms with Gasteiger partial charge in [-0.15, -0.1) is 0 Å². The van der Waals surface area contributed by atoms with E-state index in [0.717, 1.165) is 17.7 Å². The molecular weight excluding hydrogens is 506 g/mol. The third kappa shape index (κ3) is 10.5. The minimum atomic E-state index is -0.874. The van der Waals surface area contributed by atoms with E-state index in [0.29, 0.717) is 25.0 Å². The van der Waals surface area contributed by atoms with Gasteiger partial charge in [-0.3, -0.25) is 9.59 Å². The lowest BCUT2D eigenvalue weighted by molar-refractivity contribution is -0.147. The number of H-pyrrole nitrogens is 1. The number of thioether (sulfide) groups is 1. The van der Waals surface area contributed by atoms with Crippen LogP contribution >= 0.6 is 11.8 Å². The average Bonchev–Trinajstić information content (AvgIpc) is 3.44. The maximum atomic E-state index is 13.3. The lowest BCUT2D eigenvalue weighted by atomic mass is 9.99. The first kappa shape index (κ1) is 31.3. The molecule has 2 amide bonds. The lowest BCUT2D eigenvalue weighted by Gasteiger charge is -2.28. The highest BCUT2D eigenvalue weighted by atomic mass is 32.2. The molecule has 0 radical (unpaired) electrons. The highest BCUT2D eigenvalue weighted by Crippen LogP contribution is 2.13. The molecule has 5 N–H and O–H groups in total. The van der Waals surface area contributed by atoms with Gasteiger partial charge in [-0.1, -0.05) is 50.6 Å². The van der Waals surface area contributed by atoms with Crippen molar-refractivity contribution in [3.63, 3.8) is 0 Å². The second kappa shape index (κ2) is 16.8. The van der Waals surface area contributed by atoms with Crippen LogP contribution in [0.1, 0.15) is 37.9 Å². The van der Waals surface area contributed by atoms with Gasteiger partial charge < -0.3 is 30.8 Å². The summed E-state index contributed by atoms with van der Waals surface area (Å²) in [4.78, 5) is 45.4. The van der Waals surface area contributed by atoms with Crippen LogP contribution in [0.15, 0.2) is 42.9 Å². The largest absolute Gasteiger partial charge is 0.467 e. The number of aromatic nitrogens is 2. The van der Waals surface area contributed by atoms with Crippen molar-refractivity contribution in [2.75, 3.05) is 25.7 Å². The van der Waals surface area contributed by atoms with Gasteiger partial charge in [-0.25, -0.2) is 9.78 Å². The molecule has 0 bridgehead atoms. The van der Waals surface area contributed by atoms with Gasteiger partial charge in [0, 0.05) is 24.7 Å². The topological polar surface area (TPSA) is 148 Å². The van der Waals surface area contributed by atoms with Crippen molar-refractivity contribution in [1.29, 1.82) is 0 Å². The van der Waals surface area contributed by atoms with Gasteiger partial charge in [0.2, 0.25) is 11.8 Å². The summed E-state index contributed by atoms with van der Waals surface area (Å²) in [6, 6.07) is 7.62. The van der Waals surface area contributed by atoms with E-state index < -0.39 is 30.1 Å². The molecule has 0 aliphatic heterocycles. The minimum absolute atomic E-state index is 0.0723. The zero-order valence-corrected chi connectivity index (χ0v) is 23.5. The number of benzene rings is 1. The number of nitrogens with one attached hydrogen (secondary N) is 3. The zero-order chi connectivity index (χ0) is 27.9. The van der Waals surface area contributed by atoms with Gasteiger partial charge in [-0.2, -0.15) is 11.8 Å². The fraction of sp³-hybridized carbons (Fsp3) is 0.556. The second-order valence-corrected chi connectivity index (χ2v) is 10.3. The predicted octanol–water partition coefficient (Wildman–Crippen LogP) is 1.85. The Balaban J connectivity index is 2.13. The molecule has 0 aliphatic rings. The number of nitrogens with zero attached hydrogens (tertiary/aromatic N) is 1. The minimum Gasteiger partial charge on any atom is -0.467 e. The summed E-state index contributed by atoms with van der Waals surface area (Å²) in [5.74, 6) is -0.452. The third-order valence-electron chi connectivity index (χ3n) is 6.44. The molecular formula is C27H41N5O5S. The number of methoxy groups -OCH3 is 1. The molecule has 1 aromatic heterocycles. The molecule has 0 fully saturated rings. The van der Waals surface area contributed by atoms with Crippen LogP contribution in [-0.4, -0.2) is 77.7 Å². The Morgan fingerprint density at radius 2 is 1.87 bits per heavy atom. The summed E-state index contributed by atoms with van der Waals surface area (Å²) in [6.07, 6.45) is 6.10. The Morgan fingerprint density at radius 1 is 1.13 bits per heavy atom. The summed E-state index contributed by atoms with van der Waals surface area (Å²) >= 11 is 1.58. The first-order valence-electron chi connectivity index (χ1n) is 12.8. The first-order valence-corrected chi connectivity index (χ1v) is 14.2. The molecule has 0 saturated heterocycles. The van der Waals surface area contributed by atoms with Gasteiger partial charge >= 0.3 is 5.97 Å². The highest BCUT2D eigenvalue weighted by molar-refractivity contribution is 7.98. The maximum Gasteiger partial charge on any atom is 0.328 e. The Labute approximate surface area is 229 Å². The van der Waals surface area contributed by atoms with E-state index in [-0.39, 0.29) is 24.5 Å². The number of ether oxygens (including phenoxy) is 2. The van der Waals surface area contributed by atoms with E-state index in [2.05, 4.69) is 20.6 Å². The van der Waals surface area contributed by atoms with Gasteiger partial charge in [0.25, 0.3) is 0 Å². The van der Waals surface area contributed by atoms with Crippen molar-refractivity contribution >= 4 is 29.5 Å². The average molecular weight is 548 g/mol. The van der Waals surface area contributed by atoms with Crippen LogP contribution in [-0.2, 0) is 36.7 Å². The van der Waals surface area contributed by atoms with E-state index in [4.69, 9.17) is 15.2 Å². The predicted molar refractivity (Wildman–Crippen MR) is 148 cm³/mol. The number of hydrogen-bond donors (Lipinski definition) is 4. The van der Waals surface area contributed by atoms with Gasteiger partial charge in [-0.05, 0) is 29.9 Å². The number of esters is 1. The summed E-state index contributed by atoms with van der Waals surface area (Å²) in [7, 11) is 1.30. The second-order valence-electron chi connectivity index (χ2n) is 9.27. The van der Waals surface area contributed by atoms with Gasteiger partial charge in [0.05, 0.1) is 32.1 Å². The quantitative estimate of drug-likeness (QED) is 0.219. The third-order valence-corrected chi connectivity index (χ3v) is 7.08. The molecule has 1 heterocycles. The standard InChI is InChI=1S/C27H41N5O5S/c1-5-18(2)23(32-25(33)21(28)14-20-15-29-17-30-20)16-37-24(13-19-9-7-6-8-10-19)26(34)31-22(11-12-38-4)27(35)36-3/h6-10,15,17-18,21-24H,5,11-14,16,28H2,1-4H3,(H,29,30)(H,31,34)(H,32,33)/t18-,21-,22-,23+,24-/m0/s1. The SMILES string of the molecule is CC[C@H](C)[C@@H](CO[C@@H](Cc1ccccc1)C(=O)N[C@@H](CCSC)C(=O)OC)NC(=O)[C@@H](N)Cc1cnc[nH]1. The number of carbonyl (C=O) groups is 3. The molecule has 2 aromatic rings. The van der Waals surface area contributed by atoms with E-state index in [9.17, 15) is 14.4 Å². The van der Waals surface area contributed by atoms with Crippen molar-refractivity contribution in [2.45, 2.75) is 63.8 Å². The van der Waals surface area contributed by atoms with Gasteiger partial charge in [0.1, 0.15) is 12.1 Å². The Bertz CT molecular complexity index is 976. The molecule has 2 rings (SSSR count). The molecule has 0 saturated carbocycles. The van der Waals surface area contributed by atoms with E-state index in [1.165, 1.54) is 7.11 Å². The van der Waals surface area contributed by atoms with Crippen molar-refractivity contribution < 1.29 is 23.9 Å². The normalized spacial score (nSPS) is 15.1. The summed E-state index contributed by atoms with van der Waals surface area (Å²) in [5.41, 5.74) is 7.81. The molecule has 11 heteroatoms. The van der Waals surface area contributed by atoms with Crippen LogP contribution in [0.4, 0.5) is 0 Å². The van der Waals surface area contributed by atoms with E-state index in [1.54, 1.807) is 24.3 Å². The highest BCUT2D eigenvalue weighted by Gasteiger charge is 2.29. The smallest absolute Gasteiger partial charge is 0.328 e. The molecule has 38 heavy (non-hydrogen) atoms. The van der Waals surface area contributed by atoms with Crippen LogP contribution in [0.5, 0.6) is 0 Å². The Kier molecular flexibility index (Phi) is 13.9. The molecule has 0 unspecified atom stereocenters. The van der Waals surface area contributed by atoms with Crippen molar-refractivity contribution in [2.24, 2.45) is 11.7 Å². The van der Waals surface area contributed by atoms with E-state index >= 15 is 0 Å². The molecule has 5 atom stereocenters. The Hall–Kier alpha value is -2.89. The molecule has 210 valence electrons. The van der Waals surface area contributed by atoms with Crippen LogP contribution in [0, 0.1) is 5.92 Å². The molecule has 0 aliphatic carbocycles. The number of imidazole rings is 1. The number of aromatic amines is 1. The Morgan fingerprint density at radius 3 is 2.47 bits per heavy atom. The summed E-state index contributed by atoms with van der Waals surface area (Å²) < 4.78 is 11.0. The lowest BCUT2D eigenvalue weighted by Crippen LogP contribution is -2.52. The molecule has 1 aromatic carbocycles. The van der Waals surface area contributed by atoms with Crippen LogP contribution in [0.3, 0.4) is 0 Å². The molecule has 10 nitrogen and oxygen atoms in total. The fourth-order valence-corrected chi connectivity index (χ4v) is 4.29. The van der Waals surface area contributed by atoms with Crippen LogP contribution in [0.25, 0.3) is 0 Å². The van der Waals surface area contributed by atoms with Crippen molar-refractivity contribution in [3.8, 4) is 0 Å². The van der Waals surface area contributed by atoms with Crippen molar-refractivity contribution in [3.05, 3.63) is 54.1 Å². The van der Waals surface area contributed by atoms with Crippen molar-refractivity contribution in [1.82, 2.24) is 20.6 Å². The summed E-state index contributed by atoms with van der Waals surface area (Å²) in [5, 5.41) is 5.81. The van der Waals surface area contributed by atoms with Crippen LogP contribution < -0.4 is 16.4 Å². The molecule has 0 spiro atoms. The monoisotopic (exact) mass is 547 g/mol. The number of hydrogen-bond acceptors (Lipinski definition) is 8.